The number of rotatable bonds is 3. The van der Waals surface area contributed by atoms with Crippen molar-refractivity contribution >= 4 is 11.9 Å². The van der Waals surface area contributed by atoms with Gasteiger partial charge in [-0.05, 0) is 25.8 Å². The molecule has 86 valence electrons. The van der Waals surface area contributed by atoms with Gasteiger partial charge in [0.25, 0.3) is 0 Å². The SMILES string of the molecule is Cc1ccnc(NC2(C(=O)O)CCCC2)n1. The van der Waals surface area contributed by atoms with Gasteiger partial charge in [-0.2, -0.15) is 0 Å². The summed E-state index contributed by atoms with van der Waals surface area (Å²) in [6.07, 6.45) is 4.78. The van der Waals surface area contributed by atoms with E-state index in [2.05, 4.69) is 15.3 Å². The Morgan fingerprint density at radius 2 is 2.19 bits per heavy atom. The molecule has 2 rings (SSSR count). The summed E-state index contributed by atoms with van der Waals surface area (Å²) in [4.78, 5) is 19.5. The van der Waals surface area contributed by atoms with Crippen LogP contribution in [-0.2, 0) is 4.79 Å². The maximum Gasteiger partial charge on any atom is 0.329 e. The second kappa shape index (κ2) is 4.08. The van der Waals surface area contributed by atoms with Crippen molar-refractivity contribution in [2.24, 2.45) is 0 Å². The number of carboxylic acids is 1. The van der Waals surface area contributed by atoms with Crippen LogP contribution >= 0.6 is 0 Å². The van der Waals surface area contributed by atoms with Gasteiger partial charge in [0.1, 0.15) is 5.54 Å². The summed E-state index contributed by atoms with van der Waals surface area (Å²) in [6.45, 7) is 1.86. The third-order valence-corrected chi connectivity index (χ3v) is 3.01. The zero-order chi connectivity index (χ0) is 11.6. The fraction of sp³-hybridized carbons (Fsp3) is 0.545. The van der Waals surface area contributed by atoms with Gasteiger partial charge >= 0.3 is 5.97 Å². The number of carboxylic acid groups (broad SMARTS) is 1. The van der Waals surface area contributed by atoms with Gasteiger partial charge in [0, 0.05) is 11.9 Å². The second-order valence-electron chi connectivity index (χ2n) is 4.24. The molecule has 16 heavy (non-hydrogen) atoms. The van der Waals surface area contributed by atoms with Crippen LogP contribution in [-0.4, -0.2) is 26.6 Å². The molecular weight excluding hydrogens is 206 g/mol. The fourth-order valence-electron chi connectivity index (χ4n) is 2.09. The topological polar surface area (TPSA) is 75.1 Å². The molecule has 0 unspecified atom stereocenters. The summed E-state index contributed by atoms with van der Waals surface area (Å²) >= 11 is 0. The van der Waals surface area contributed by atoms with E-state index in [0.29, 0.717) is 18.8 Å². The van der Waals surface area contributed by atoms with Gasteiger partial charge in [0.15, 0.2) is 0 Å². The molecule has 0 aromatic carbocycles. The van der Waals surface area contributed by atoms with Crippen molar-refractivity contribution in [3.8, 4) is 0 Å². The Kier molecular flexibility index (Phi) is 2.77. The lowest BCUT2D eigenvalue weighted by atomic mass is 9.98. The van der Waals surface area contributed by atoms with Crippen LogP contribution in [0.4, 0.5) is 5.95 Å². The summed E-state index contributed by atoms with van der Waals surface area (Å²) in [5.74, 6) is -0.403. The van der Waals surface area contributed by atoms with Crippen molar-refractivity contribution in [2.45, 2.75) is 38.1 Å². The summed E-state index contributed by atoms with van der Waals surface area (Å²) in [5, 5.41) is 12.2. The van der Waals surface area contributed by atoms with Gasteiger partial charge in [0.05, 0.1) is 0 Å². The third-order valence-electron chi connectivity index (χ3n) is 3.01. The highest BCUT2D eigenvalue weighted by Gasteiger charge is 2.41. The molecule has 0 bridgehead atoms. The van der Waals surface area contributed by atoms with Crippen molar-refractivity contribution in [1.82, 2.24) is 9.97 Å². The number of aryl methyl sites for hydroxylation is 1. The highest BCUT2D eigenvalue weighted by Crippen LogP contribution is 2.32. The smallest absolute Gasteiger partial charge is 0.329 e. The van der Waals surface area contributed by atoms with Crippen LogP contribution in [0.1, 0.15) is 31.4 Å². The molecule has 0 spiro atoms. The maximum absolute atomic E-state index is 11.3. The summed E-state index contributed by atoms with van der Waals surface area (Å²) in [6, 6.07) is 1.78. The van der Waals surface area contributed by atoms with E-state index >= 15 is 0 Å². The lowest BCUT2D eigenvalue weighted by Crippen LogP contribution is -2.44. The first-order valence-electron chi connectivity index (χ1n) is 5.44. The Hall–Kier alpha value is -1.65. The number of aliphatic carboxylic acids is 1. The van der Waals surface area contributed by atoms with E-state index in [-0.39, 0.29) is 0 Å². The van der Waals surface area contributed by atoms with Gasteiger partial charge < -0.3 is 10.4 Å². The molecule has 1 fully saturated rings. The highest BCUT2D eigenvalue weighted by atomic mass is 16.4. The van der Waals surface area contributed by atoms with Crippen LogP contribution in [0.3, 0.4) is 0 Å². The van der Waals surface area contributed by atoms with Crippen LogP contribution in [0.15, 0.2) is 12.3 Å². The van der Waals surface area contributed by atoms with Gasteiger partial charge in [-0.1, -0.05) is 12.8 Å². The lowest BCUT2D eigenvalue weighted by Gasteiger charge is -2.25. The van der Waals surface area contributed by atoms with Crippen LogP contribution in [0.25, 0.3) is 0 Å². The zero-order valence-corrected chi connectivity index (χ0v) is 9.23. The van der Waals surface area contributed by atoms with E-state index in [4.69, 9.17) is 0 Å². The molecule has 1 aromatic rings. The first-order chi connectivity index (χ1) is 7.62. The number of hydrogen-bond donors (Lipinski definition) is 2. The molecule has 1 aromatic heterocycles. The first kappa shape index (κ1) is 10.9. The largest absolute Gasteiger partial charge is 0.480 e. The van der Waals surface area contributed by atoms with Crippen LogP contribution in [0.5, 0.6) is 0 Å². The number of nitrogens with zero attached hydrogens (tertiary/aromatic N) is 2. The van der Waals surface area contributed by atoms with E-state index in [0.717, 1.165) is 18.5 Å². The number of aromatic nitrogens is 2. The predicted molar refractivity (Wildman–Crippen MR) is 59.2 cm³/mol. The van der Waals surface area contributed by atoms with Crippen molar-refractivity contribution < 1.29 is 9.90 Å². The average molecular weight is 221 g/mol. The second-order valence-corrected chi connectivity index (χ2v) is 4.24. The third kappa shape index (κ3) is 1.98. The first-order valence-corrected chi connectivity index (χ1v) is 5.44. The van der Waals surface area contributed by atoms with Crippen LogP contribution in [0, 0.1) is 6.92 Å². The number of anilines is 1. The van der Waals surface area contributed by atoms with E-state index in [1.165, 1.54) is 0 Å². The molecule has 0 amide bonds. The van der Waals surface area contributed by atoms with Gasteiger partial charge in [0.2, 0.25) is 5.95 Å². The molecule has 0 radical (unpaired) electrons. The van der Waals surface area contributed by atoms with E-state index < -0.39 is 11.5 Å². The number of hydrogen-bond acceptors (Lipinski definition) is 4. The molecule has 5 nitrogen and oxygen atoms in total. The van der Waals surface area contributed by atoms with Crippen molar-refractivity contribution in [2.75, 3.05) is 5.32 Å². The van der Waals surface area contributed by atoms with Crippen LogP contribution < -0.4 is 5.32 Å². The number of carbonyl (C=O) groups is 1. The maximum atomic E-state index is 11.3. The minimum atomic E-state index is -0.867. The highest BCUT2D eigenvalue weighted by molar-refractivity contribution is 5.82. The lowest BCUT2D eigenvalue weighted by molar-refractivity contribution is -0.142. The number of nitrogens with one attached hydrogen (secondary N) is 1. The minimum Gasteiger partial charge on any atom is -0.480 e. The van der Waals surface area contributed by atoms with Crippen molar-refractivity contribution in [1.29, 1.82) is 0 Å². The molecule has 1 aliphatic rings. The molecule has 1 heterocycles. The van der Waals surface area contributed by atoms with E-state index in [9.17, 15) is 9.90 Å². The molecule has 5 heteroatoms. The van der Waals surface area contributed by atoms with Crippen LogP contribution in [0.2, 0.25) is 0 Å². The molecule has 0 saturated heterocycles. The Balaban J connectivity index is 2.21. The van der Waals surface area contributed by atoms with Crippen molar-refractivity contribution in [3.63, 3.8) is 0 Å². The molecule has 1 saturated carbocycles. The predicted octanol–water partition coefficient (Wildman–Crippen LogP) is 1.59. The summed E-state index contributed by atoms with van der Waals surface area (Å²) in [7, 11) is 0. The quantitative estimate of drug-likeness (QED) is 0.810. The van der Waals surface area contributed by atoms with E-state index in [1.54, 1.807) is 12.3 Å². The summed E-state index contributed by atoms with van der Waals surface area (Å²) < 4.78 is 0. The molecule has 0 aliphatic heterocycles. The van der Waals surface area contributed by atoms with Gasteiger partial charge in [-0.15, -0.1) is 0 Å². The Bertz CT molecular complexity index is 400. The normalized spacial score (nSPS) is 18.3. The molecular formula is C11H15N3O2. The molecule has 0 atom stereocenters. The molecule has 2 N–H and O–H groups in total. The van der Waals surface area contributed by atoms with Gasteiger partial charge in [-0.25, -0.2) is 14.8 Å². The van der Waals surface area contributed by atoms with Gasteiger partial charge in [-0.3, -0.25) is 0 Å². The summed E-state index contributed by atoms with van der Waals surface area (Å²) in [5.41, 5.74) is -0.0376. The standard InChI is InChI=1S/C11H15N3O2/c1-8-4-7-12-10(13-8)14-11(9(15)16)5-2-3-6-11/h4,7H,2-3,5-6H2,1H3,(H,15,16)(H,12,13,14). The molecule has 1 aliphatic carbocycles. The zero-order valence-electron chi connectivity index (χ0n) is 9.23. The average Bonchev–Trinajstić information content (AvgIpc) is 2.67. The van der Waals surface area contributed by atoms with E-state index in [1.807, 2.05) is 6.92 Å². The van der Waals surface area contributed by atoms with Crippen molar-refractivity contribution in [3.05, 3.63) is 18.0 Å². The Labute approximate surface area is 93.9 Å². The Morgan fingerprint density at radius 3 is 2.75 bits per heavy atom. The fourth-order valence-corrected chi connectivity index (χ4v) is 2.09. The minimum absolute atomic E-state index is 0.407. The monoisotopic (exact) mass is 221 g/mol. The Morgan fingerprint density at radius 1 is 1.50 bits per heavy atom.